The Labute approximate surface area is 89.5 Å². The molecule has 78 valence electrons. The van der Waals surface area contributed by atoms with E-state index >= 15 is 0 Å². The molecule has 1 rings (SSSR count). The monoisotopic (exact) mass is 203 g/mol. The van der Waals surface area contributed by atoms with E-state index in [0.717, 1.165) is 17.5 Å². The maximum Gasteiger partial charge on any atom is 0.337 e. The molecule has 0 N–H and O–H groups in total. The quantitative estimate of drug-likeness (QED) is 0.558. The van der Waals surface area contributed by atoms with E-state index in [0.29, 0.717) is 12.1 Å². The van der Waals surface area contributed by atoms with Crippen LogP contribution in [0.15, 0.2) is 18.2 Å². The predicted molar refractivity (Wildman–Crippen MR) is 57.5 cm³/mol. The first-order valence-electron chi connectivity index (χ1n) is 4.76. The van der Waals surface area contributed by atoms with Crippen molar-refractivity contribution < 1.29 is 9.53 Å². The fraction of sp³-hybridized carbons (Fsp3) is 0.333. The lowest BCUT2D eigenvalue weighted by Crippen LogP contribution is -2.03. The van der Waals surface area contributed by atoms with Crippen molar-refractivity contribution in [2.75, 3.05) is 7.11 Å². The van der Waals surface area contributed by atoms with E-state index in [-0.39, 0.29) is 5.97 Å². The van der Waals surface area contributed by atoms with E-state index in [9.17, 15) is 4.79 Å². The highest BCUT2D eigenvalue weighted by Crippen LogP contribution is 2.14. The number of hydrogen-bond donors (Lipinski definition) is 0. The van der Waals surface area contributed by atoms with Gasteiger partial charge in [0, 0.05) is 5.56 Å². The third kappa shape index (κ3) is 2.57. The second-order valence-corrected chi connectivity index (χ2v) is 3.14. The van der Waals surface area contributed by atoms with Crippen LogP contribution < -0.4 is 0 Å². The standard InChI is InChI=1S/C12H13NO2/c1-4-9-5-6-10(12(14)15-3)7-11(9)8-13-2/h5-7H,4,8H2,1,3H3. The molecule has 0 heterocycles. The van der Waals surface area contributed by atoms with Gasteiger partial charge in [0.05, 0.1) is 12.7 Å². The molecule has 0 saturated heterocycles. The minimum atomic E-state index is -0.358. The van der Waals surface area contributed by atoms with Gasteiger partial charge in [0.1, 0.15) is 0 Å². The van der Waals surface area contributed by atoms with Gasteiger partial charge in [-0.1, -0.05) is 13.0 Å². The molecular weight excluding hydrogens is 190 g/mol. The van der Waals surface area contributed by atoms with Crippen molar-refractivity contribution in [2.45, 2.75) is 19.9 Å². The van der Waals surface area contributed by atoms with Gasteiger partial charge in [0.2, 0.25) is 6.54 Å². The van der Waals surface area contributed by atoms with Gasteiger partial charge >= 0.3 is 5.97 Å². The van der Waals surface area contributed by atoms with Crippen LogP contribution in [0.3, 0.4) is 0 Å². The number of hydrogen-bond acceptors (Lipinski definition) is 2. The Balaban J connectivity index is 3.11. The van der Waals surface area contributed by atoms with Crippen molar-refractivity contribution in [3.8, 4) is 0 Å². The van der Waals surface area contributed by atoms with Crippen LogP contribution in [0, 0.1) is 6.57 Å². The van der Waals surface area contributed by atoms with Gasteiger partial charge in [-0.3, -0.25) is 0 Å². The Bertz CT molecular complexity index is 405. The molecule has 0 fully saturated rings. The molecule has 1 aromatic carbocycles. The molecule has 0 aliphatic heterocycles. The summed E-state index contributed by atoms with van der Waals surface area (Å²) >= 11 is 0. The molecule has 3 heteroatoms. The Kier molecular flexibility index (Phi) is 3.87. The van der Waals surface area contributed by atoms with E-state index in [4.69, 9.17) is 6.57 Å². The summed E-state index contributed by atoms with van der Waals surface area (Å²) in [7, 11) is 1.35. The van der Waals surface area contributed by atoms with Gasteiger partial charge in [-0.2, -0.15) is 0 Å². The fourth-order valence-corrected chi connectivity index (χ4v) is 1.45. The van der Waals surface area contributed by atoms with Crippen molar-refractivity contribution in [3.05, 3.63) is 46.3 Å². The number of aryl methyl sites for hydroxylation is 1. The van der Waals surface area contributed by atoms with Crippen LogP contribution in [-0.4, -0.2) is 13.1 Å². The molecule has 3 nitrogen and oxygen atoms in total. The van der Waals surface area contributed by atoms with Crippen molar-refractivity contribution in [3.63, 3.8) is 0 Å². The zero-order valence-corrected chi connectivity index (χ0v) is 8.91. The summed E-state index contributed by atoms with van der Waals surface area (Å²) in [6.45, 7) is 9.19. The number of esters is 1. The molecular formula is C12H13NO2. The number of rotatable bonds is 3. The summed E-state index contributed by atoms with van der Waals surface area (Å²) in [6.07, 6.45) is 0.867. The summed E-state index contributed by atoms with van der Waals surface area (Å²) in [5.41, 5.74) is 2.53. The summed E-state index contributed by atoms with van der Waals surface area (Å²) in [5, 5.41) is 0. The van der Waals surface area contributed by atoms with E-state index < -0.39 is 0 Å². The second-order valence-electron chi connectivity index (χ2n) is 3.14. The Hall–Kier alpha value is -1.82. The Morgan fingerprint density at radius 3 is 2.73 bits per heavy atom. The number of methoxy groups -OCH3 is 1. The first-order valence-corrected chi connectivity index (χ1v) is 4.76. The molecule has 0 bridgehead atoms. The molecule has 1 aromatic rings. The molecule has 0 aromatic heterocycles. The molecule has 0 amide bonds. The highest BCUT2D eigenvalue weighted by atomic mass is 16.5. The lowest BCUT2D eigenvalue weighted by Gasteiger charge is -2.05. The van der Waals surface area contributed by atoms with Gasteiger partial charge in [-0.05, 0) is 24.1 Å². The molecule has 0 radical (unpaired) electrons. The summed E-state index contributed by atoms with van der Waals surface area (Å²) < 4.78 is 4.63. The highest BCUT2D eigenvalue weighted by Gasteiger charge is 2.10. The van der Waals surface area contributed by atoms with Gasteiger partial charge in [-0.25, -0.2) is 11.4 Å². The van der Waals surface area contributed by atoms with Gasteiger partial charge in [0.15, 0.2) is 0 Å². The zero-order valence-electron chi connectivity index (χ0n) is 8.91. The minimum absolute atomic E-state index is 0.313. The SMILES string of the molecule is [C-]#[N+]Cc1cc(C(=O)OC)ccc1CC. The molecule has 0 spiro atoms. The number of benzene rings is 1. The molecule has 0 atom stereocenters. The molecule has 0 aliphatic carbocycles. The number of carbonyl (C=O) groups excluding carboxylic acids is 1. The summed E-state index contributed by atoms with van der Waals surface area (Å²) in [5.74, 6) is -0.358. The lowest BCUT2D eigenvalue weighted by atomic mass is 10.0. The molecule has 15 heavy (non-hydrogen) atoms. The van der Waals surface area contributed by atoms with E-state index in [1.165, 1.54) is 7.11 Å². The third-order valence-electron chi connectivity index (χ3n) is 2.26. The Morgan fingerprint density at radius 2 is 2.20 bits per heavy atom. The van der Waals surface area contributed by atoms with Gasteiger partial charge < -0.3 is 9.58 Å². The first-order chi connectivity index (χ1) is 7.22. The largest absolute Gasteiger partial charge is 0.465 e. The molecule has 0 saturated carbocycles. The average Bonchev–Trinajstić information content (AvgIpc) is 2.28. The summed E-state index contributed by atoms with van der Waals surface area (Å²) in [4.78, 5) is 14.6. The van der Waals surface area contributed by atoms with Crippen LogP contribution in [0.5, 0.6) is 0 Å². The average molecular weight is 203 g/mol. The van der Waals surface area contributed by atoms with E-state index in [2.05, 4.69) is 9.58 Å². The molecule has 0 aliphatic rings. The van der Waals surface area contributed by atoms with Crippen molar-refractivity contribution >= 4 is 5.97 Å². The Morgan fingerprint density at radius 1 is 1.47 bits per heavy atom. The normalized spacial score (nSPS) is 9.40. The maximum atomic E-state index is 11.3. The lowest BCUT2D eigenvalue weighted by molar-refractivity contribution is 0.0600. The minimum Gasteiger partial charge on any atom is -0.465 e. The molecule has 0 unspecified atom stereocenters. The summed E-state index contributed by atoms with van der Waals surface area (Å²) in [6, 6.07) is 5.35. The van der Waals surface area contributed by atoms with Crippen LogP contribution in [0.2, 0.25) is 0 Å². The van der Waals surface area contributed by atoms with E-state index in [1.807, 2.05) is 13.0 Å². The van der Waals surface area contributed by atoms with Crippen molar-refractivity contribution in [1.29, 1.82) is 0 Å². The van der Waals surface area contributed by atoms with Crippen LogP contribution in [-0.2, 0) is 17.7 Å². The van der Waals surface area contributed by atoms with Crippen molar-refractivity contribution in [1.82, 2.24) is 0 Å². The third-order valence-corrected chi connectivity index (χ3v) is 2.26. The predicted octanol–water partition coefficient (Wildman–Crippen LogP) is 2.45. The number of nitrogens with zero attached hydrogens (tertiary/aromatic N) is 1. The number of carbonyl (C=O) groups is 1. The maximum absolute atomic E-state index is 11.3. The highest BCUT2D eigenvalue weighted by molar-refractivity contribution is 5.89. The van der Waals surface area contributed by atoms with Crippen LogP contribution in [0.4, 0.5) is 0 Å². The number of ether oxygens (including phenoxy) is 1. The fourth-order valence-electron chi connectivity index (χ4n) is 1.45. The first kappa shape index (κ1) is 11.3. The smallest absolute Gasteiger partial charge is 0.337 e. The van der Waals surface area contributed by atoms with Gasteiger partial charge in [0.25, 0.3) is 0 Å². The van der Waals surface area contributed by atoms with Gasteiger partial charge in [-0.15, -0.1) is 0 Å². The van der Waals surface area contributed by atoms with Crippen LogP contribution >= 0.6 is 0 Å². The topological polar surface area (TPSA) is 30.7 Å². The van der Waals surface area contributed by atoms with Crippen molar-refractivity contribution in [2.24, 2.45) is 0 Å². The van der Waals surface area contributed by atoms with Crippen LogP contribution in [0.25, 0.3) is 4.85 Å². The van der Waals surface area contributed by atoms with E-state index in [1.54, 1.807) is 12.1 Å². The zero-order chi connectivity index (χ0) is 11.3. The second kappa shape index (κ2) is 5.16. The van der Waals surface area contributed by atoms with Crippen LogP contribution in [0.1, 0.15) is 28.4 Å².